The van der Waals surface area contributed by atoms with Crippen LogP contribution in [-0.4, -0.2) is 41.2 Å². The van der Waals surface area contributed by atoms with Crippen molar-refractivity contribution in [3.63, 3.8) is 0 Å². The van der Waals surface area contributed by atoms with Gasteiger partial charge in [0.15, 0.2) is 5.82 Å². The molecule has 21 heavy (non-hydrogen) atoms. The molecule has 1 aliphatic rings. The zero-order valence-corrected chi connectivity index (χ0v) is 12.5. The number of nitrogens with two attached hydrogens (primary N) is 1. The van der Waals surface area contributed by atoms with E-state index in [1.807, 2.05) is 18.2 Å². The second kappa shape index (κ2) is 6.43. The lowest BCUT2D eigenvalue weighted by Gasteiger charge is -2.35. The van der Waals surface area contributed by atoms with Gasteiger partial charge >= 0.3 is 0 Å². The van der Waals surface area contributed by atoms with Crippen LogP contribution >= 0.6 is 11.6 Å². The summed E-state index contributed by atoms with van der Waals surface area (Å²) in [5.41, 5.74) is 6.64. The third-order valence-electron chi connectivity index (χ3n) is 3.60. The minimum atomic E-state index is 0.287. The van der Waals surface area contributed by atoms with Gasteiger partial charge in [-0.25, -0.2) is 0 Å². The van der Waals surface area contributed by atoms with Crippen LogP contribution in [0.3, 0.4) is 0 Å². The third-order valence-corrected chi connectivity index (χ3v) is 3.83. The van der Waals surface area contributed by atoms with Gasteiger partial charge in [0.25, 0.3) is 0 Å². The van der Waals surface area contributed by atoms with Crippen LogP contribution in [0.15, 0.2) is 28.8 Å². The Bertz CT molecular complexity index is 595. The molecule has 1 aromatic heterocycles. The van der Waals surface area contributed by atoms with Crippen LogP contribution in [0, 0.1) is 0 Å². The molecule has 0 aliphatic carbocycles. The van der Waals surface area contributed by atoms with Crippen molar-refractivity contribution in [2.45, 2.75) is 13.1 Å². The second-order valence-electron chi connectivity index (χ2n) is 5.05. The van der Waals surface area contributed by atoms with Crippen LogP contribution in [-0.2, 0) is 13.1 Å². The SMILES string of the molecule is NCc1nc(CN2CCN(c3cccc(Cl)c3)CC2)no1. The normalized spacial score (nSPS) is 16.4. The topological polar surface area (TPSA) is 71.4 Å². The molecule has 2 aromatic rings. The Balaban J connectivity index is 1.55. The molecular formula is C14H18ClN5O. The molecule has 112 valence electrons. The summed E-state index contributed by atoms with van der Waals surface area (Å²) in [6, 6.07) is 7.97. The highest BCUT2D eigenvalue weighted by Crippen LogP contribution is 2.21. The van der Waals surface area contributed by atoms with E-state index in [-0.39, 0.29) is 6.54 Å². The van der Waals surface area contributed by atoms with Gasteiger partial charge in [0.1, 0.15) is 0 Å². The predicted molar refractivity (Wildman–Crippen MR) is 81.1 cm³/mol. The number of halogens is 1. The molecule has 0 atom stereocenters. The first-order chi connectivity index (χ1) is 10.2. The zero-order valence-electron chi connectivity index (χ0n) is 11.7. The van der Waals surface area contributed by atoms with Gasteiger partial charge in [-0.15, -0.1) is 0 Å². The molecule has 0 radical (unpaired) electrons. The Kier molecular flexibility index (Phi) is 4.38. The number of nitrogens with zero attached hydrogens (tertiary/aromatic N) is 4. The van der Waals surface area contributed by atoms with Gasteiger partial charge in [-0.2, -0.15) is 4.98 Å². The Morgan fingerprint density at radius 1 is 1.24 bits per heavy atom. The molecule has 2 N–H and O–H groups in total. The number of anilines is 1. The lowest BCUT2D eigenvalue weighted by atomic mass is 10.2. The Hall–Kier alpha value is -1.63. The monoisotopic (exact) mass is 307 g/mol. The van der Waals surface area contributed by atoms with E-state index in [9.17, 15) is 0 Å². The second-order valence-corrected chi connectivity index (χ2v) is 5.49. The summed E-state index contributed by atoms with van der Waals surface area (Å²) < 4.78 is 5.02. The zero-order chi connectivity index (χ0) is 14.7. The van der Waals surface area contributed by atoms with E-state index in [0.29, 0.717) is 18.3 Å². The summed E-state index contributed by atoms with van der Waals surface area (Å²) in [5.74, 6) is 1.19. The van der Waals surface area contributed by atoms with E-state index in [4.69, 9.17) is 21.9 Å². The standard InChI is InChI=1S/C14H18ClN5O/c15-11-2-1-3-12(8-11)20-6-4-19(5-7-20)10-13-17-14(9-16)21-18-13/h1-3,8H,4-7,9-10,16H2. The molecule has 0 bridgehead atoms. The molecule has 1 aliphatic heterocycles. The van der Waals surface area contributed by atoms with Crippen molar-refractivity contribution in [2.24, 2.45) is 5.73 Å². The van der Waals surface area contributed by atoms with Crippen LogP contribution in [0.2, 0.25) is 5.02 Å². The molecule has 6 nitrogen and oxygen atoms in total. The van der Waals surface area contributed by atoms with E-state index < -0.39 is 0 Å². The van der Waals surface area contributed by atoms with Crippen molar-refractivity contribution < 1.29 is 4.52 Å². The average Bonchev–Trinajstić information content (AvgIpc) is 2.96. The Morgan fingerprint density at radius 2 is 2.05 bits per heavy atom. The first-order valence-electron chi connectivity index (χ1n) is 6.99. The van der Waals surface area contributed by atoms with Gasteiger partial charge in [-0.3, -0.25) is 4.90 Å². The number of hydrogen-bond donors (Lipinski definition) is 1. The number of piperazine rings is 1. The van der Waals surface area contributed by atoms with Gasteiger partial charge in [0, 0.05) is 36.9 Å². The van der Waals surface area contributed by atoms with Crippen molar-refractivity contribution in [2.75, 3.05) is 31.1 Å². The first-order valence-corrected chi connectivity index (χ1v) is 7.37. The highest BCUT2D eigenvalue weighted by molar-refractivity contribution is 6.30. The maximum absolute atomic E-state index is 6.04. The highest BCUT2D eigenvalue weighted by Gasteiger charge is 2.19. The summed E-state index contributed by atoms with van der Waals surface area (Å²) in [7, 11) is 0. The fraction of sp³-hybridized carbons (Fsp3) is 0.429. The fourth-order valence-electron chi connectivity index (χ4n) is 2.47. The van der Waals surface area contributed by atoms with Gasteiger partial charge in [-0.1, -0.05) is 22.8 Å². The van der Waals surface area contributed by atoms with Crippen molar-refractivity contribution >= 4 is 17.3 Å². The number of benzene rings is 1. The lowest BCUT2D eigenvalue weighted by molar-refractivity contribution is 0.240. The van der Waals surface area contributed by atoms with Gasteiger partial charge in [-0.05, 0) is 18.2 Å². The molecule has 2 heterocycles. The molecule has 3 rings (SSSR count). The maximum atomic E-state index is 6.04. The molecular weight excluding hydrogens is 290 g/mol. The predicted octanol–water partition coefficient (Wildman–Crippen LogP) is 1.50. The molecule has 0 spiro atoms. The van der Waals surface area contributed by atoms with Crippen molar-refractivity contribution in [3.05, 3.63) is 41.0 Å². The van der Waals surface area contributed by atoms with Gasteiger partial charge in [0.05, 0.1) is 13.1 Å². The van der Waals surface area contributed by atoms with Crippen molar-refractivity contribution in [3.8, 4) is 0 Å². The average molecular weight is 308 g/mol. The highest BCUT2D eigenvalue weighted by atomic mass is 35.5. The van der Waals surface area contributed by atoms with E-state index in [1.54, 1.807) is 0 Å². The summed E-state index contributed by atoms with van der Waals surface area (Å²) in [4.78, 5) is 8.89. The first kappa shape index (κ1) is 14.3. The molecule has 0 saturated carbocycles. The van der Waals surface area contributed by atoms with E-state index in [2.05, 4.69) is 26.0 Å². The van der Waals surface area contributed by atoms with E-state index in [1.165, 1.54) is 5.69 Å². The Labute approximate surface area is 128 Å². The summed E-state index contributed by atoms with van der Waals surface area (Å²) in [5, 5.41) is 4.71. The lowest BCUT2D eigenvalue weighted by Crippen LogP contribution is -2.46. The van der Waals surface area contributed by atoms with E-state index >= 15 is 0 Å². The van der Waals surface area contributed by atoms with Crippen LogP contribution in [0.25, 0.3) is 0 Å². The molecule has 1 fully saturated rings. The largest absolute Gasteiger partial charge is 0.369 e. The van der Waals surface area contributed by atoms with Crippen LogP contribution in [0.1, 0.15) is 11.7 Å². The third kappa shape index (κ3) is 3.53. The van der Waals surface area contributed by atoms with Gasteiger partial charge in [0.2, 0.25) is 5.89 Å². The number of aromatic nitrogens is 2. The van der Waals surface area contributed by atoms with E-state index in [0.717, 1.165) is 31.2 Å². The quantitative estimate of drug-likeness (QED) is 0.923. The summed E-state index contributed by atoms with van der Waals surface area (Å²) in [6.07, 6.45) is 0. The van der Waals surface area contributed by atoms with Gasteiger partial charge < -0.3 is 15.2 Å². The molecule has 0 amide bonds. The van der Waals surface area contributed by atoms with Crippen molar-refractivity contribution in [1.82, 2.24) is 15.0 Å². The molecule has 1 aromatic carbocycles. The van der Waals surface area contributed by atoms with Crippen LogP contribution in [0.4, 0.5) is 5.69 Å². The number of rotatable bonds is 4. The molecule has 0 unspecified atom stereocenters. The smallest absolute Gasteiger partial charge is 0.240 e. The van der Waals surface area contributed by atoms with Crippen molar-refractivity contribution in [1.29, 1.82) is 0 Å². The summed E-state index contributed by atoms with van der Waals surface area (Å²) in [6.45, 7) is 4.82. The molecule has 7 heteroatoms. The maximum Gasteiger partial charge on any atom is 0.240 e. The Morgan fingerprint density at radius 3 is 2.71 bits per heavy atom. The minimum Gasteiger partial charge on any atom is -0.369 e. The number of hydrogen-bond acceptors (Lipinski definition) is 6. The fourth-order valence-corrected chi connectivity index (χ4v) is 2.66. The van der Waals surface area contributed by atoms with Crippen LogP contribution in [0.5, 0.6) is 0 Å². The minimum absolute atomic E-state index is 0.287. The van der Waals surface area contributed by atoms with Crippen LogP contribution < -0.4 is 10.6 Å². The molecule has 1 saturated heterocycles. The summed E-state index contributed by atoms with van der Waals surface area (Å²) >= 11 is 6.04.